The van der Waals surface area contributed by atoms with Crippen molar-refractivity contribution in [3.63, 3.8) is 0 Å². The third kappa shape index (κ3) is 3.49. The van der Waals surface area contributed by atoms with Crippen LogP contribution in [0.3, 0.4) is 0 Å². The predicted octanol–water partition coefficient (Wildman–Crippen LogP) is 1.28. The van der Waals surface area contributed by atoms with Crippen LogP contribution in [0.15, 0.2) is 24.3 Å². The van der Waals surface area contributed by atoms with Crippen molar-refractivity contribution in [2.75, 3.05) is 19.7 Å². The Bertz CT molecular complexity index is 510. The topological polar surface area (TPSA) is 79.3 Å². The Hall–Kier alpha value is -2.06. The van der Waals surface area contributed by atoms with E-state index in [9.17, 15) is 4.79 Å². The van der Waals surface area contributed by atoms with Gasteiger partial charge < -0.3 is 10.5 Å². The number of carbonyl (C=O) groups is 1. The summed E-state index contributed by atoms with van der Waals surface area (Å²) in [6.07, 6.45) is 2.68. The average molecular weight is 273 g/mol. The number of nitrogens with two attached hydrogens (primary N) is 1. The van der Waals surface area contributed by atoms with Crippen LogP contribution in [0.25, 0.3) is 0 Å². The molecule has 0 saturated carbocycles. The minimum absolute atomic E-state index is 0.124. The number of carbonyl (C=O) groups excluding carboxylic acids is 1. The van der Waals surface area contributed by atoms with Crippen molar-refractivity contribution in [2.45, 2.75) is 25.3 Å². The molecule has 1 atom stereocenters. The lowest BCUT2D eigenvalue weighted by molar-refractivity contribution is -0.122. The number of likely N-dealkylation sites (tertiary alicyclic amines) is 1. The van der Waals surface area contributed by atoms with Gasteiger partial charge in [0.2, 0.25) is 5.91 Å². The van der Waals surface area contributed by atoms with Crippen molar-refractivity contribution >= 4 is 5.91 Å². The first kappa shape index (κ1) is 14.4. The Labute approximate surface area is 118 Å². The number of para-hydroxylation sites is 1. The minimum Gasteiger partial charge on any atom is -0.492 e. The summed E-state index contributed by atoms with van der Waals surface area (Å²) in [6, 6.07) is 9.17. The van der Waals surface area contributed by atoms with Gasteiger partial charge in [-0.15, -0.1) is 0 Å². The van der Waals surface area contributed by atoms with E-state index in [0.717, 1.165) is 32.4 Å². The fourth-order valence-corrected chi connectivity index (χ4v) is 2.55. The highest BCUT2D eigenvalue weighted by Gasteiger charge is 2.28. The quantitative estimate of drug-likeness (QED) is 0.792. The molecule has 0 aromatic heterocycles. The molecule has 1 aliphatic heterocycles. The summed E-state index contributed by atoms with van der Waals surface area (Å²) in [4.78, 5) is 13.4. The Morgan fingerprint density at radius 3 is 3.05 bits per heavy atom. The Morgan fingerprint density at radius 2 is 2.30 bits per heavy atom. The zero-order valence-corrected chi connectivity index (χ0v) is 11.4. The number of rotatable bonds is 6. The third-order valence-corrected chi connectivity index (χ3v) is 3.55. The van der Waals surface area contributed by atoms with Crippen LogP contribution in [0, 0.1) is 11.3 Å². The maximum atomic E-state index is 11.3. The van der Waals surface area contributed by atoms with Crippen LogP contribution in [0.1, 0.15) is 24.8 Å². The van der Waals surface area contributed by atoms with Crippen molar-refractivity contribution < 1.29 is 9.53 Å². The number of amides is 1. The number of hydrogen-bond acceptors (Lipinski definition) is 4. The van der Waals surface area contributed by atoms with E-state index < -0.39 is 0 Å². The zero-order chi connectivity index (χ0) is 14.4. The smallest absolute Gasteiger partial charge is 0.234 e. The molecule has 20 heavy (non-hydrogen) atoms. The van der Waals surface area contributed by atoms with Crippen LogP contribution in [-0.2, 0) is 4.79 Å². The molecule has 2 rings (SSSR count). The minimum atomic E-state index is -0.238. The number of primary amides is 1. The maximum absolute atomic E-state index is 11.3. The van der Waals surface area contributed by atoms with Gasteiger partial charge in [0.25, 0.3) is 0 Å². The van der Waals surface area contributed by atoms with Gasteiger partial charge in [0, 0.05) is 6.54 Å². The highest BCUT2D eigenvalue weighted by molar-refractivity contribution is 5.80. The van der Waals surface area contributed by atoms with Gasteiger partial charge in [0.15, 0.2) is 0 Å². The molecule has 5 heteroatoms. The van der Waals surface area contributed by atoms with E-state index in [1.54, 1.807) is 12.1 Å². The highest BCUT2D eigenvalue weighted by Crippen LogP contribution is 2.18. The van der Waals surface area contributed by atoms with Gasteiger partial charge in [-0.1, -0.05) is 12.1 Å². The lowest BCUT2D eigenvalue weighted by atomic mass is 10.2. The molecule has 106 valence electrons. The molecule has 0 aliphatic carbocycles. The van der Waals surface area contributed by atoms with Crippen molar-refractivity contribution in [2.24, 2.45) is 5.73 Å². The fourth-order valence-electron chi connectivity index (χ4n) is 2.55. The van der Waals surface area contributed by atoms with Crippen molar-refractivity contribution in [1.29, 1.82) is 5.26 Å². The monoisotopic (exact) mass is 273 g/mol. The van der Waals surface area contributed by atoms with E-state index in [1.165, 1.54) is 0 Å². The Morgan fingerprint density at radius 1 is 1.50 bits per heavy atom. The summed E-state index contributed by atoms with van der Waals surface area (Å²) in [5, 5.41) is 8.95. The molecule has 5 nitrogen and oxygen atoms in total. The van der Waals surface area contributed by atoms with Crippen molar-refractivity contribution in [3.8, 4) is 11.8 Å². The second-order valence-corrected chi connectivity index (χ2v) is 4.91. The largest absolute Gasteiger partial charge is 0.492 e. The normalized spacial score (nSPS) is 18.6. The van der Waals surface area contributed by atoms with Gasteiger partial charge in [0.05, 0.1) is 18.2 Å². The summed E-state index contributed by atoms with van der Waals surface area (Å²) in [6.45, 7) is 2.24. The number of hydrogen-bond donors (Lipinski definition) is 1. The third-order valence-electron chi connectivity index (χ3n) is 3.55. The lowest BCUT2D eigenvalue weighted by Gasteiger charge is -2.21. The molecule has 1 aromatic carbocycles. The molecular formula is C15H19N3O2. The Balaban J connectivity index is 1.77. The number of ether oxygens (including phenoxy) is 1. The van der Waals surface area contributed by atoms with Crippen LogP contribution >= 0.6 is 0 Å². The molecule has 1 saturated heterocycles. The molecule has 1 aliphatic rings. The molecule has 0 spiro atoms. The van der Waals surface area contributed by atoms with Gasteiger partial charge in [-0.05, 0) is 37.9 Å². The van der Waals surface area contributed by atoms with E-state index in [-0.39, 0.29) is 11.9 Å². The summed E-state index contributed by atoms with van der Waals surface area (Å²) in [5.41, 5.74) is 5.92. The summed E-state index contributed by atoms with van der Waals surface area (Å²) in [5.74, 6) is 0.376. The van der Waals surface area contributed by atoms with Gasteiger partial charge in [-0.2, -0.15) is 5.26 Å². The second kappa shape index (κ2) is 6.92. The van der Waals surface area contributed by atoms with Crippen LogP contribution < -0.4 is 10.5 Å². The first-order valence-electron chi connectivity index (χ1n) is 6.87. The van der Waals surface area contributed by atoms with Crippen molar-refractivity contribution in [3.05, 3.63) is 29.8 Å². The molecule has 0 bridgehead atoms. The van der Waals surface area contributed by atoms with E-state index in [2.05, 4.69) is 11.0 Å². The SMILES string of the molecule is N#Cc1ccccc1OCCCN1CCCC1C(N)=O. The van der Waals surface area contributed by atoms with E-state index in [1.807, 2.05) is 12.1 Å². The molecule has 1 unspecified atom stereocenters. The first-order valence-corrected chi connectivity index (χ1v) is 6.87. The standard InChI is InChI=1S/C15H19N3O2/c16-11-12-5-1-2-7-14(12)20-10-4-9-18-8-3-6-13(18)15(17)19/h1-2,5,7,13H,3-4,6,8-10H2,(H2,17,19). The van der Waals surface area contributed by atoms with Crippen molar-refractivity contribution in [1.82, 2.24) is 4.90 Å². The predicted molar refractivity (Wildman–Crippen MR) is 75.1 cm³/mol. The van der Waals surface area contributed by atoms with E-state index in [0.29, 0.717) is 17.9 Å². The van der Waals surface area contributed by atoms with Gasteiger partial charge >= 0.3 is 0 Å². The van der Waals surface area contributed by atoms with Crippen LogP contribution in [-0.4, -0.2) is 36.5 Å². The summed E-state index contributed by atoms with van der Waals surface area (Å²) < 4.78 is 5.62. The number of nitriles is 1. The fraction of sp³-hybridized carbons (Fsp3) is 0.467. The van der Waals surface area contributed by atoms with Crippen LogP contribution in [0.2, 0.25) is 0 Å². The molecule has 1 aromatic rings. The van der Waals surface area contributed by atoms with Gasteiger partial charge in [-0.3, -0.25) is 9.69 Å². The second-order valence-electron chi connectivity index (χ2n) is 4.91. The molecule has 1 fully saturated rings. The molecule has 1 amide bonds. The molecular weight excluding hydrogens is 254 g/mol. The summed E-state index contributed by atoms with van der Waals surface area (Å²) >= 11 is 0. The summed E-state index contributed by atoms with van der Waals surface area (Å²) in [7, 11) is 0. The number of nitrogens with zero attached hydrogens (tertiary/aromatic N) is 2. The molecule has 1 heterocycles. The molecule has 2 N–H and O–H groups in total. The van der Waals surface area contributed by atoms with Crippen LogP contribution in [0.4, 0.5) is 0 Å². The van der Waals surface area contributed by atoms with Crippen LogP contribution in [0.5, 0.6) is 5.75 Å². The highest BCUT2D eigenvalue weighted by atomic mass is 16.5. The lowest BCUT2D eigenvalue weighted by Crippen LogP contribution is -2.40. The zero-order valence-electron chi connectivity index (χ0n) is 11.4. The van der Waals surface area contributed by atoms with E-state index >= 15 is 0 Å². The number of benzene rings is 1. The van der Waals surface area contributed by atoms with Gasteiger partial charge in [-0.25, -0.2) is 0 Å². The molecule has 0 radical (unpaired) electrons. The maximum Gasteiger partial charge on any atom is 0.234 e. The van der Waals surface area contributed by atoms with E-state index in [4.69, 9.17) is 15.7 Å². The first-order chi connectivity index (χ1) is 9.72. The Kier molecular flexibility index (Phi) is 4.97. The average Bonchev–Trinajstić information content (AvgIpc) is 2.92. The van der Waals surface area contributed by atoms with Gasteiger partial charge in [0.1, 0.15) is 11.8 Å².